The van der Waals surface area contributed by atoms with Crippen LogP contribution in [0.3, 0.4) is 0 Å². The second-order valence-corrected chi connectivity index (χ2v) is 10.3. The molecule has 0 aliphatic carbocycles. The van der Waals surface area contributed by atoms with Crippen molar-refractivity contribution in [1.82, 2.24) is 18.6 Å². The molecule has 0 aliphatic rings. The number of aryl methyl sites for hydroxylation is 2. The second kappa shape index (κ2) is 9.03. The minimum atomic E-state index is -3.82. The zero-order valence-electron chi connectivity index (χ0n) is 16.6. The smallest absolute Gasteiger partial charge is 0.307 e. The van der Waals surface area contributed by atoms with Crippen LogP contribution >= 0.6 is 0 Å². The molecule has 1 aromatic carbocycles. The van der Waals surface area contributed by atoms with Gasteiger partial charge in [0.25, 0.3) is 10.0 Å². The topological polar surface area (TPSA) is 128 Å². The number of aromatic nitrogens is 2. The number of hydrogen-bond acceptors (Lipinski definition) is 7. The van der Waals surface area contributed by atoms with Crippen LogP contribution in [0.1, 0.15) is 17.8 Å². The Bertz CT molecular complexity index is 1070. The molecule has 29 heavy (non-hydrogen) atoms. The number of imidazole rings is 1. The predicted octanol–water partition coefficient (Wildman–Crippen LogP) is 0.391. The quantitative estimate of drug-likeness (QED) is 0.554. The number of sulfonamides is 2. The first-order chi connectivity index (χ1) is 13.4. The van der Waals surface area contributed by atoms with E-state index in [4.69, 9.17) is 4.74 Å². The maximum Gasteiger partial charge on any atom is 0.307 e. The van der Waals surface area contributed by atoms with Crippen molar-refractivity contribution in [1.29, 1.82) is 0 Å². The molecular formula is C17H24N4O6S2. The number of hydrogen-bond donors (Lipinski definition) is 1. The summed E-state index contributed by atoms with van der Waals surface area (Å²) in [5.74, 6) is -0.0749. The second-order valence-electron chi connectivity index (χ2n) is 6.48. The van der Waals surface area contributed by atoms with Gasteiger partial charge in [0.2, 0.25) is 10.0 Å². The fraction of sp³-hybridized carbons (Fsp3) is 0.412. The fourth-order valence-corrected chi connectivity index (χ4v) is 4.30. The Morgan fingerprint density at radius 2 is 1.93 bits per heavy atom. The highest BCUT2D eigenvalue weighted by molar-refractivity contribution is 7.89. The van der Waals surface area contributed by atoms with Crippen molar-refractivity contribution in [2.24, 2.45) is 7.05 Å². The van der Waals surface area contributed by atoms with Gasteiger partial charge in [-0.05, 0) is 24.6 Å². The lowest BCUT2D eigenvalue weighted by Crippen LogP contribution is -2.27. The Hall–Kier alpha value is -2.28. The number of nitrogens with one attached hydrogen (secondary N) is 1. The number of esters is 1. The fourth-order valence-electron chi connectivity index (χ4n) is 2.26. The number of benzene rings is 1. The molecule has 0 saturated heterocycles. The molecule has 0 bridgehead atoms. The number of nitrogens with zero attached hydrogens (tertiary/aromatic N) is 3. The predicted molar refractivity (Wildman–Crippen MR) is 105 cm³/mol. The molecule has 10 nitrogen and oxygen atoms in total. The summed E-state index contributed by atoms with van der Waals surface area (Å²) in [5.41, 5.74) is 0.505. The zero-order valence-corrected chi connectivity index (χ0v) is 18.2. The average Bonchev–Trinajstić information content (AvgIpc) is 2.99. The summed E-state index contributed by atoms with van der Waals surface area (Å²) in [5, 5.41) is -0.121. The van der Waals surface area contributed by atoms with Gasteiger partial charge in [-0.3, -0.25) is 4.79 Å². The maximum absolute atomic E-state index is 12.1. The van der Waals surface area contributed by atoms with Crippen molar-refractivity contribution in [2.75, 3.05) is 20.6 Å². The Morgan fingerprint density at radius 1 is 1.24 bits per heavy atom. The number of rotatable bonds is 9. The maximum atomic E-state index is 12.1. The van der Waals surface area contributed by atoms with Gasteiger partial charge in [-0.15, -0.1) is 0 Å². The Kier molecular flexibility index (Phi) is 7.16. The first-order valence-corrected chi connectivity index (χ1v) is 11.5. The minimum Gasteiger partial charge on any atom is -0.461 e. The minimum absolute atomic E-state index is 0.0921. The molecule has 2 rings (SSSR count). The Labute approximate surface area is 170 Å². The van der Waals surface area contributed by atoms with E-state index in [9.17, 15) is 21.6 Å². The third-order valence-corrected chi connectivity index (χ3v) is 7.20. The normalized spacial score (nSPS) is 12.3. The molecule has 0 saturated carbocycles. The molecular weight excluding hydrogens is 420 g/mol. The van der Waals surface area contributed by atoms with Crippen LogP contribution in [-0.4, -0.2) is 57.3 Å². The van der Waals surface area contributed by atoms with Crippen LogP contribution in [0.5, 0.6) is 0 Å². The molecule has 160 valence electrons. The zero-order chi connectivity index (χ0) is 21.8. The van der Waals surface area contributed by atoms with Gasteiger partial charge in [0, 0.05) is 33.9 Å². The third-order valence-electron chi connectivity index (χ3n) is 4.06. The van der Waals surface area contributed by atoms with Gasteiger partial charge in [-0.1, -0.05) is 12.1 Å². The standard InChI is InChI=1S/C17H24N4O6S2/c1-13-19-16(11-21(13)4)28(23,24)18-9-8-17(22)27-12-14-6-5-7-15(10-14)29(25,26)20(2)3/h5-7,10-11,18H,8-9,12H2,1-4H3. The van der Waals surface area contributed by atoms with Crippen LogP contribution < -0.4 is 4.72 Å². The molecule has 2 aromatic rings. The Balaban J connectivity index is 1.88. The first-order valence-electron chi connectivity index (χ1n) is 8.60. The molecule has 1 N–H and O–H groups in total. The number of carbonyl (C=O) groups is 1. The molecule has 0 unspecified atom stereocenters. The highest BCUT2D eigenvalue weighted by Crippen LogP contribution is 2.15. The molecule has 0 spiro atoms. The van der Waals surface area contributed by atoms with E-state index in [1.54, 1.807) is 30.7 Å². The van der Waals surface area contributed by atoms with E-state index in [1.807, 2.05) is 0 Å². The highest BCUT2D eigenvalue weighted by Gasteiger charge is 2.19. The van der Waals surface area contributed by atoms with E-state index in [0.29, 0.717) is 11.4 Å². The van der Waals surface area contributed by atoms with Crippen molar-refractivity contribution in [3.63, 3.8) is 0 Å². The first kappa shape index (κ1) is 23.0. The lowest BCUT2D eigenvalue weighted by Gasteiger charge is -2.12. The van der Waals surface area contributed by atoms with E-state index in [-0.39, 0.29) is 29.5 Å². The van der Waals surface area contributed by atoms with Crippen LogP contribution in [0.15, 0.2) is 40.4 Å². The van der Waals surface area contributed by atoms with E-state index in [2.05, 4.69) is 9.71 Å². The lowest BCUT2D eigenvalue weighted by atomic mass is 10.2. The molecule has 12 heteroatoms. The van der Waals surface area contributed by atoms with Gasteiger partial charge >= 0.3 is 5.97 Å². The van der Waals surface area contributed by atoms with E-state index in [1.165, 1.54) is 32.4 Å². The van der Waals surface area contributed by atoms with E-state index < -0.39 is 26.0 Å². The summed E-state index contributed by atoms with van der Waals surface area (Å²) in [6, 6.07) is 6.07. The van der Waals surface area contributed by atoms with Crippen molar-refractivity contribution in [2.45, 2.75) is 29.9 Å². The van der Waals surface area contributed by atoms with Crippen LogP contribution in [0.25, 0.3) is 0 Å². The van der Waals surface area contributed by atoms with Crippen molar-refractivity contribution in [3.8, 4) is 0 Å². The highest BCUT2D eigenvalue weighted by atomic mass is 32.2. The van der Waals surface area contributed by atoms with Gasteiger partial charge in [-0.25, -0.2) is 30.8 Å². The van der Waals surface area contributed by atoms with Crippen LogP contribution in [-0.2, 0) is 43.2 Å². The lowest BCUT2D eigenvalue weighted by molar-refractivity contribution is -0.144. The molecule has 0 amide bonds. The van der Waals surface area contributed by atoms with Gasteiger partial charge in [0.15, 0.2) is 5.03 Å². The summed E-state index contributed by atoms with van der Waals surface area (Å²) < 4.78 is 58.6. The summed E-state index contributed by atoms with van der Waals surface area (Å²) in [6.45, 7) is 1.41. The average molecular weight is 445 g/mol. The van der Waals surface area contributed by atoms with Gasteiger partial charge in [-0.2, -0.15) is 0 Å². The van der Waals surface area contributed by atoms with Gasteiger partial charge in [0.05, 0.1) is 11.3 Å². The monoisotopic (exact) mass is 444 g/mol. The van der Waals surface area contributed by atoms with Gasteiger partial charge in [0.1, 0.15) is 12.4 Å². The van der Waals surface area contributed by atoms with Gasteiger partial charge < -0.3 is 9.30 Å². The van der Waals surface area contributed by atoms with Crippen LogP contribution in [0.2, 0.25) is 0 Å². The van der Waals surface area contributed by atoms with Crippen LogP contribution in [0, 0.1) is 6.92 Å². The number of ether oxygens (including phenoxy) is 1. The molecule has 0 radical (unpaired) electrons. The van der Waals surface area contributed by atoms with E-state index >= 15 is 0 Å². The van der Waals surface area contributed by atoms with Crippen LogP contribution in [0.4, 0.5) is 0 Å². The summed E-state index contributed by atoms with van der Waals surface area (Å²) in [4.78, 5) is 15.9. The van der Waals surface area contributed by atoms with Crippen molar-refractivity contribution in [3.05, 3.63) is 41.9 Å². The number of carbonyl (C=O) groups excluding carboxylic acids is 1. The molecule has 0 aliphatic heterocycles. The SMILES string of the molecule is Cc1nc(S(=O)(=O)NCCC(=O)OCc2cccc(S(=O)(=O)N(C)C)c2)cn1C. The summed E-state index contributed by atoms with van der Waals surface area (Å²) in [7, 11) is -2.87. The molecule has 1 heterocycles. The third kappa shape index (κ3) is 5.85. The largest absolute Gasteiger partial charge is 0.461 e. The summed E-state index contributed by atoms with van der Waals surface area (Å²) >= 11 is 0. The Morgan fingerprint density at radius 3 is 2.52 bits per heavy atom. The summed E-state index contributed by atoms with van der Waals surface area (Å²) in [6.07, 6.45) is 1.20. The molecule has 0 atom stereocenters. The molecule has 0 fully saturated rings. The van der Waals surface area contributed by atoms with Crippen molar-refractivity contribution < 1.29 is 26.4 Å². The van der Waals surface area contributed by atoms with E-state index in [0.717, 1.165) is 4.31 Å². The van der Waals surface area contributed by atoms with Crippen molar-refractivity contribution >= 4 is 26.0 Å². The molecule has 1 aromatic heterocycles.